The molecule has 1 aromatic carbocycles. The van der Waals surface area contributed by atoms with Gasteiger partial charge in [-0.15, -0.1) is 11.3 Å². The van der Waals surface area contributed by atoms with Crippen LogP contribution in [0.4, 0.5) is 8.78 Å². The molecule has 5 heteroatoms. The van der Waals surface area contributed by atoms with Gasteiger partial charge in [0.2, 0.25) is 0 Å². The molecule has 0 atom stereocenters. The first kappa shape index (κ1) is 10.0. The SMILES string of the molecule is O=C(O)c1ccc2cc(C(F)F)sc2c1. The van der Waals surface area contributed by atoms with Crippen molar-refractivity contribution in [2.24, 2.45) is 0 Å². The summed E-state index contributed by atoms with van der Waals surface area (Å²) in [5.41, 5.74) is 0.116. The Bertz CT molecular complexity index is 519. The number of rotatable bonds is 2. The van der Waals surface area contributed by atoms with Crippen LogP contribution in [0.1, 0.15) is 21.7 Å². The molecule has 0 saturated carbocycles. The minimum Gasteiger partial charge on any atom is -0.478 e. The van der Waals surface area contributed by atoms with Gasteiger partial charge >= 0.3 is 5.97 Å². The van der Waals surface area contributed by atoms with E-state index in [0.717, 1.165) is 11.3 Å². The Kier molecular flexibility index (Phi) is 2.40. The van der Waals surface area contributed by atoms with Crippen LogP contribution in [0, 0.1) is 0 Å². The molecular formula is C10H6F2O2S. The predicted octanol–water partition coefficient (Wildman–Crippen LogP) is 3.54. The van der Waals surface area contributed by atoms with Gasteiger partial charge in [-0.3, -0.25) is 0 Å². The molecule has 0 aliphatic heterocycles. The Balaban J connectivity index is 2.57. The van der Waals surface area contributed by atoms with Crippen LogP contribution in [0.15, 0.2) is 24.3 Å². The minimum atomic E-state index is -2.50. The highest BCUT2D eigenvalue weighted by molar-refractivity contribution is 7.19. The van der Waals surface area contributed by atoms with E-state index in [1.807, 2.05) is 0 Å². The largest absolute Gasteiger partial charge is 0.478 e. The highest BCUT2D eigenvalue weighted by Gasteiger charge is 2.12. The number of hydrogen-bond acceptors (Lipinski definition) is 2. The lowest BCUT2D eigenvalue weighted by molar-refractivity contribution is 0.0697. The minimum absolute atomic E-state index is 0.0347. The smallest absolute Gasteiger partial charge is 0.335 e. The molecule has 0 unspecified atom stereocenters. The summed E-state index contributed by atoms with van der Waals surface area (Å²) in [7, 11) is 0. The number of benzene rings is 1. The van der Waals surface area contributed by atoms with E-state index in [1.165, 1.54) is 18.2 Å². The number of alkyl halides is 2. The standard InChI is InChI=1S/C10H6F2O2S/c11-9(12)8-3-5-1-2-6(10(13)14)4-7(5)15-8/h1-4,9H,(H,13,14). The van der Waals surface area contributed by atoms with Gasteiger partial charge in [0.15, 0.2) is 0 Å². The van der Waals surface area contributed by atoms with Crippen LogP contribution in [0.2, 0.25) is 0 Å². The summed E-state index contributed by atoms with van der Waals surface area (Å²) < 4.78 is 25.3. The van der Waals surface area contributed by atoms with E-state index >= 15 is 0 Å². The Morgan fingerprint density at radius 2 is 2.07 bits per heavy atom. The van der Waals surface area contributed by atoms with Crippen molar-refractivity contribution in [2.45, 2.75) is 6.43 Å². The number of hydrogen-bond donors (Lipinski definition) is 1. The Hall–Kier alpha value is -1.49. The van der Waals surface area contributed by atoms with Crippen LogP contribution in [-0.4, -0.2) is 11.1 Å². The maximum atomic E-state index is 12.4. The highest BCUT2D eigenvalue weighted by atomic mass is 32.1. The van der Waals surface area contributed by atoms with Crippen molar-refractivity contribution in [1.29, 1.82) is 0 Å². The van der Waals surface area contributed by atoms with E-state index in [1.54, 1.807) is 6.07 Å². The van der Waals surface area contributed by atoms with Crippen LogP contribution in [0.3, 0.4) is 0 Å². The molecule has 1 heterocycles. The van der Waals surface area contributed by atoms with Gasteiger partial charge in [-0.05, 0) is 23.6 Å². The zero-order valence-corrected chi connectivity index (χ0v) is 8.22. The van der Waals surface area contributed by atoms with E-state index in [2.05, 4.69) is 0 Å². The first-order chi connectivity index (χ1) is 7.08. The number of fused-ring (bicyclic) bond motifs is 1. The molecule has 0 saturated heterocycles. The third kappa shape index (κ3) is 1.83. The van der Waals surface area contributed by atoms with Crippen LogP contribution in [0.5, 0.6) is 0 Å². The maximum Gasteiger partial charge on any atom is 0.335 e. The molecule has 0 amide bonds. The summed E-state index contributed by atoms with van der Waals surface area (Å²) in [6.07, 6.45) is -2.50. The number of carboxylic acids is 1. The number of thiophene rings is 1. The summed E-state index contributed by atoms with van der Waals surface area (Å²) >= 11 is 0.924. The monoisotopic (exact) mass is 228 g/mol. The van der Waals surface area contributed by atoms with Crippen molar-refractivity contribution in [3.8, 4) is 0 Å². The van der Waals surface area contributed by atoms with E-state index in [-0.39, 0.29) is 10.4 Å². The van der Waals surface area contributed by atoms with Crippen molar-refractivity contribution in [1.82, 2.24) is 0 Å². The molecule has 0 radical (unpaired) electrons. The third-order valence-electron chi connectivity index (χ3n) is 2.00. The molecule has 78 valence electrons. The Morgan fingerprint density at radius 1 is 1.33 bits per heavy atom. The molecule has 0 aliphatic carbocycles. The van der Waals surface area contributed by atoms with Gasteiger partial charge in [0.1, 0.15) is 0 Å². The maximum absolute atomic E-state index is 12.4. The fraction of sp³-hybridized carbons (Fsp3) is 0.100. The summed E-state index contributed by atoms with van der Waals surface area (Å²) in [5, 5.41) is 9.37. The first-order valence-electron chi connectivity index (χ1n) is 4.13. The fourth-order valence-electron chi connectivity index (χ4n) is 1.29. The summed E-state index contributed by atoms with van der Waals surface area (Å²) in [6, 6.07) is 5.75. The number of carboxylic acid groups (broad SMARTS) is 1. The quantitative estimate of drug-likeness (QED) is 0.853. The predicted molar refractivity (Wildman–Crippen MR) is 53.7 cm³/mol. The molecule has 0 spiro atoms. The lowest BCUT2D eigenvalue weighted by atomic mass is 10.2. The fourth-order valence-corrected chi connectivity index (χ4v) is 2.25. The van der Waals surface area contributed by atoms with Crippen molar-refractivity contribution < 1.29 is 18.7 Å². The molecule has 1 N–H and O–H groups in total. The van der Waals surface area contributed by atoms with Crippen LogP contribution in [-0.2, 0) is 0 Å². The van der Waals surface area contributed by atoms with Gasteiger partial charge < -0.3 is 5.11 Å². The van der Waals surface area contributed by atoms with Crippen molar-refractivity contribution in [2.75, 3.05) is 0 Å². The van der Waals surface area contributed by atoms with Crippen LogP contribution in [0.25, 0.3) is 10.1 Å². The van der Waals surface area contributed by atoms with E-state index in [9.17, 15) is 13.6 Å². The summed E-state index contributed by atoms with van der Waals surface area (Å²) in [4.78, 5) is 10.6. The number of carbonyl (C=O) groups is 1. The summed E-state index contributed by atoms with van der Waals surface area (Å²) in [6.45, 7) is 0. The normalized spacial score (nSPS) is 11.1. The van der Waals surface area contributed by atoms with Gasteiger partial charge in [-0.1, -0.05) is 6.07 Å². The average molecular weight is 228 g/mol. The molecule has 2 aromatic rings. The molecule has 0 bridgehead atoms. The molecular weight excluding hydrogens is 222 g/mol. The molecule has 15 heavy (non-hydrogen) atoms. The zero-order chi connectivity index (χ0) is 11.0. The van der Waals surface area contributed by atoms with Crippen LogP contribution < -0.4 is 0 Å². The lowest BCUT2D eigenvalue weighted by Gasteiger charge is -1.92. The average Bonchev–Trinajstić information content (AvgIpc) is 2.59. The van der Waals surface area contributed by atoms with Gasteiger partial charge in [-0.25, -0.2) is 13.6 Å². The molecule has 2 nitrogen and oxygen atoms in total. The topological polar surface area (TPSA) is 37.3 Å². The molecule has 0 aliphatic rings. The second kappa shape index (κ2) is 3.58. The third-order valence-corrected chi connectivity index (χ3v) is 3.11. The van der Waals surface area contributed by atoms with Gasteiger partial charge in [0.25, 0.3) is 6.43 Å². The van der Waals surface area contributed by atoms with E-state index in [0.29, 0.717) is 10.1 Å². The zero-order valence-electron chi connectivity index (χ0n) is 7.41. The first-order valence-corrected chi connectivity index (χ1v) is 4.94. The van der Waals surface area contributed by atoms with E-state index < -0.39 is 12.4 Å². The second-order valence-electron chi connectivity index (χ2n) is 3.01. The van der Waals surface area contributed by atoms with Crippen molar-refractivity contribution in [3.05, 3.63) is 34.7 Å². The Morgan fingerprint density at radius 3 is 2.67 bits per heavy atom. The Labute approximate surface area is 87.8 Å². The van der Waals surface area contributed by atoms with Gasteiger partial charge in [0, 0.05) is 4.70 Å². The summed E-state index contributed by atoms with van der Waals surface area (Å²) in [5.74, 6) is -1.05. The van der Waals surface area contributed by atoms with E-state index in [4.69, 9.17) is 5.11 Å². The van der Waals surface area contributed by atoms with Gasteiger partial charge in [-0.2, -0.15) is 0 Å². The second-order valence-corrected chi connectivity index (χ2v) is 4.12. The van der Waals surface area contributed by atoms with Gasteiger partial charge in [0.05, 0.1) is 10.4 Å². The molecule has 1 aromatic heterocycles. The number of halogens is 2. The van der Waals surface area contributed by atoms with Crippen molar-refractivity contribution in [3.63, 3.8) is 0 Å². The van der Waals surface area contributed by atoms with Crippen LogP contribution >= 0.6 is 11.3 Å². The lowest BCUT2D eigenvalue weighted by Crippen LogP contribution is -1.94. The number of aromatic carboxylic acids is 1. The molecule has 2 rings (SSSR count). The highest BCUT2D eigenvalue weighted by Crippen LogP contribution is 2.32. The molecule has 0 fully saturated rings. The van der Waals surface area contributed by atoms with Crippen molar-refractivity contribution >= 4 is 27.4 Å².